The lowest BCUT2D eigenvalue weighted by molar-refractivity contribution is 0.0674. The quantitative estimate of drug-likeness (QED) is 0.290. The van der Waals surface area contributed by atoms with Gasteiger partial charge < -0.3 is 14.2 Å². The van der Waals surface area contributed by atoms with Crippen molar-refractivity contribution in [2.45, 2.75) is 31.6 Å². The van der Waals surface area contributed by atoms with E-state index < -0.39 is 10.8 Å². The van der Waals surface area contributed by atoms with Gasteiger partial charge in [-0.2, -0.15) is 0 Å². The van der Waals surface area contributed by atoms with Crippen LogP contribution in [0.25, 0.3) is 22.6 Å². The molecular formula is C26H29N3O4S. The minimum atomic E-state index is -1.18. The summed E-state index contributed by atoms with van der Waals surface area (Å²) in [5, 5.41) is 0. The molecule has 8 heteroatoms. The lowest BCUT2D eigenvalue weighted by Crippen LogP contribution is -2.07. The molecule has 0 bridgehead atoms. The zero-order valence-corrected chi connectivity index (χ0v) is 20.5. The summed E-state index contributed by atoms with van der Waals surface area (Å²) in [5.41, 5.74) is 4.22. The normalized spacial score (nSPS) is 12.2. The predicted octanol–water partition coefficient (Wildman–Crippen LogP) is 4.73. The highest BCUT2D eigenvalue weighted by molar-refractivity contribution is 7.84. The van der Waals surface area contributed by atoms with E-state index in [1.807, 2.05) is 66.1 Å². The Kier molecular flexibility index (Phi) is 8.05. The minimum Gasteiger partial charge on any atom is -0.493 e. The molecule has 0 saturated carbocycles. The van der Waals surface area contributed by atoms with Crippen LogP contribution in [0.15, 0.2) is 65.7 Å². The standard InChI is InChI=1S/C26H29N3O4S/c1-19-22(33-16-8-15-31-2)13-14-27-24(19)26-28-25-21(11-7-12-23(25)34(3)30)29(26)18-32-17-20-9-5-4-6-10-20/h4-7,9-14H,8,15-18H2,1-3H3/t34-/m0/s1. The fourth-order valence-corrected chi connectivity index (χ4v) is 4.47. The number of benzene rings is 2. The first-order chi connectivity index (χ1) is 16.6. The van der Waals surface area contributed by atoms with Gasteiger partial charge in [0.05, 0.1) is 34.4 Å². The Morgan fingerprint density at radius 1 is 1.03 bits per heavy atom. The third kappa shape index (κ3) is 5.35. The van der Waals surface area contributed by atoms with Crippen molar-refractivity contribution in [3.8, 4) is 17.3 Å². The van der Waals surface area contributed by atoms with Gasteiger partial charge >= 0.3 is 0 Å². The van der Waals surface area contributed by atoms with E-state index in [0.717, 1.165) is 28.8 Å². The van der Waals surface area contributed by atoms with Gasteiger partial charge in [0.25, 0.3) is 0 Å². The molecule has 4 aromatic rings. The number of nitrogens with zero attached hydrogens (tertiary/aromatic N) is 3. The highest BCUT2D eigenvalue weighted by atomic mass is 32.2. The summed E-state index contributed by atoms with van der Waals surface area (Å²) in [4.78, 5) is 10.2. The number of aromatic nitrogens is 3. The number of imidazole rings is 1. The lowest BCUT2D eigenvalue weighted by Gasteiger charge is -2.14. The third-order valence-corrected chi connectivity index (χ3v) is 6.45. The molecule has 0 unspecified atom stereocenters. The van der Waals surface area contributed by atoms with Crippen molar-refractivity contribution in [1.29, 1.82) is 0 Å². The molecule has 7 nitrogen and oxygen atoms in total. The van der Waals surface area contributed by atoms with E-state index in [0.29, 0.717) is 41.8 Å². The third-order valence-electron chi connectivity index (χ3n) is 5.50. The van der Waals surface area contributed by atoms with Crippen LogP contribution in [0.1, 0.15) is 17.5 Å². The zero-order valence-electron chi connectivity index (χ0n) is 19.7. The van der Waals surface area contributed by atoms with Crippen LogP contribution < -0.4 is 4.74 Å². The number of rotatable bonds is 11. The summed E-state index contributed by atoms with van der Waals surface area (Å²) in [5.74, 6) is 1.41. The van der Waals surface area contributed by atoms with Gasteiger partial charge in [0.1, 0.15) is 23.7 Å². The monoisotopic (exact) mass is 479 g/mol. The number of para-hydroxylation sites is 1. The average molecular weight is 480 g/mol. The van der Waals surface area contributed by atoms with Gasteiger partial charge in [0.15, 0.2) is 5.82 Å². The zero-order chi connectivity index (χ0) is 23.9. The number of methoxy groups -OCH3 is 1. The molecule has 0 radical (unpaired) electrons. The van der Waals surface area contributed by atoms with E-state index in [1.54, 1.807) is 19.6 Å². The number of hydrogen-bond acceptors (Lipinski definition) is 6. The number of fused-ring (bicyclic) bond motifs is 1. The van der Waals surface area contributed by atoms with E-state index in [9.17, 15) is 4.21 Å². The van der Waals surface area contributed by atoms with Gasteiger partial charge in [-0.25, -0.2) is 4.98 Å². The molecule has 4 rings (SSSR count). The van der Waals surface area contributed by atoms with Crippen molar-refractivity contribution in [2.24, 2.45) is 0 Å². The largest absolute Gasteiger partial charge is 0.493 e. The van der Waals surface area contributed by atoms with Crippen LogP contribution >= 0.6 is 0 Å². The fourth-order valence-electron chi connectivity index (χ4n) is 3.78. The van der Waals surface area contributed by atoms with Crippen molar-refractivity contribution < 1.29 is 18.4 Å². The molecule has 0 spiro atoms. The first-order valence-corrected chi connectivity index (χ1v) is 12.7. The Bertz CT molecular complexity index is 1270. The summed E-state index contributed by atoms with van der Waals surface area (Å²) < 4.78 is 31.5. The maximum absolute atomic E-state index is 12.4. The Hall–Kier alpha value is -3.07. The molecule has 0 aliphatic rings. The number of pyridine rings is 1. The Morgan fingerprint density at radius 3 is 2.62 bits per heavy atom. The molecule has 0 aliphatic heterocycles. The van der Waals surface area contributed by atoms with Crippen molar-refractivity contribution in [2.75, 3.05) is 26.6 Å². The number of hydrogen-bond donors (Lipinski definition) is 0. The molecule has 0 aliphatic carbocycles. The van der Waals surface area contributed by atoms with Crippen LogP contribution in [-0.2, 0) is 33.6 Å². The van der Waals surface area contributed by atoms with E-state index in [4.69, 9.17) is 19.2 Å². The molecule has 2 aromatic heterocycles. The molecule has 178 valence electrons. The molecule has 2 heterocycles. The van der Waals surface area contributed by atoms with E-state index in [-0.39, 0.29) is 6.73 Å². The minimum absolute atomic E-state index is 0.278. The van der Waals surface area contributed by atoms with Gasteiger partial charge in [0, 0.05) is 38.2 Å². The van der Waals surface area contributed by atoms with Crippen molar-refractivity contribution in [1.82, 2.24) is 14.5 Å². The highest BCUT2D eigenvalue weighted by Gasteiger charge is 2.20. The Balaban J connectivity index is 1.72. The van der Waals surface area contributed by atoms with Gasteiger partial charge in [0.2, 0.25) is 0 Å². The second kappa shape index (κ2) is 11.4. The molecule has 34 heavy (non-hydrogen) atoms. The summed E-state index contributed by atoms with van der Waals surface area (Å²) in [6, 6.07) is 17.6. The van der Waals surface area contributed by atoms with Crippen LogP contribution in [0.2, 0.25) is 0 Å². The van der Waals surface area contributed by atoms with Gasteiger partial charge in [-0.05, 0) is 30.7 Å². The topological polar surface area (TPSA) is 75.5 Å². The summed E-state index contributed by atoms with van der Waals surface area (Å²) in [7, 11) is 0.498. The first kappa shape index (κ1) is 24.1. The maximum Gasteiger partial charge on any atom is 0.162 e. The van der Waals surface area contributed by atoms with E-state index in [1.165, 1.54) is 0 Å². The Labute approximate surface area is 202 Å². The molecular weight excluding hydrogens is 450 g/mol. The second-order valence-corrected chi connectivity index (χ2v) is 9.23. The Morgan fingerprint density at radius 2 is 1.85 bits per heavy atom. The maximum atomic E-state index is 12.4. The van der Waals surface area contributed by atoms with Crippen molar-refractivity contribution in [3.05, 3.63) is 71.9 Å². The molecule has 2 aromatic carbocycles. The predicted molar refractivity (Wildman–Crippen MR) is 133 cm³/mol. The van der Waals surface area contributed by atoms with Crippen LogP contribution in [0.5, 0.6) is 5.75 Å². The van der Waals surface area contributed by atoms with E-state index >= 15 is 0 Å². The summed E-state index contributed by atoms with van der Waals surface area (Å²) in [6.45, 7) is 3.91. The van der Waals surface area contributed by atoms with Crippen molar-refractivity contribution >= 4 is 21.8 Å². The lowest BCUT2D eigenvalue weighted by atomic mass is 10.2. The van der Waals surface area contributed by atoms with Crippen LogP contribution in [-0.4, -0.2) is 45.3 Å². The highest BCUT2D eigenvalue weighted by Crippen LogP contribution is 2.32. The molecule has 0 saturated heterocycles. The molecule has 0 N–H and O–H groups in total. The van der Waals surface area contributed by atoms with Crippen LogP contribution in [0.3, 0.4) is 0 Å². The average Bonchev–Trinajstić information content (AvgIpc) is 3.21. The molecule has 0 fully saturated rings. The summed E-state index contributed by atoms with van der Waals surface area (Å²) in [6.07, 6.45) is 4.18. The van der Waals surface area contributed by atoms with Gasteiger partial charge in [-0.1, -0.05) is 36.4 Å². The SMILES string of the molecule is COCCCOc1ccnc(-c2nc3c([S@](C)=O)cccc3n2COCc2ccccc2)c1C. The smallest absolute Gasteiger partial charge is 0.162 e. The number of ether oxygens (including phenoxy) is 3. The van der Waals surface area contributed by atoms with Gasteiger partial charge in [-0.3, -0.25) is 13.8 Å². The van der Waals surface area contributed by atoms with E-state index in [2.05, 4.69) is 4.98 Å². The fraction of sp³-hybridized carbons (Fsp3) is 0.308. The van der Waals surface area contributed by atoms with Gasteiger partial charge in [-0.15, -0.1) is 0 Å². The van der Waals surface area contributed by atoms with Crippen LogP contribution in [0.4, 0.5) is 0 Å². The van der Waals surface area contributed by atoms with Crippen LogP contribution in [0, 0.1) is 6.92 Å². The van der Waals surface area contributed by atoms with Crippen molar-refractivity contribution in [3.63, 3.8) is 0 Å². The molecule has 1 atom stereocenters. The first-order valence-electron chi connectivity index (χ1n) is 11.1. The second-order valence-electron chi connectivity index (χ2n) is 7.88. The summed E-state index contributed by atoms with van der Waals surface area (Å²) >= 11 is 0. The molecule has 0 amide bonds.